The van der Waals surface area contributed by atoms with Crippen molar-refractivity contribution < 1.29 is 16.8 Å². The zero-order valence-corrected chi connectivity index (χ0v) is 14.1. The summed E-state index contributed by atoms with van der Waals surface area (Å²) in [7, 11) is -2.33. The van der Waals surface area contributed by atoms with Gasteiger partial charge in [0.2, 0.25) is 10.0 Å². The van der Waals surface area contributed by atoms with Gasteiger partial charge in [0.25, 0.3) is 9.05 Å². The number of nitrogens with zero attached hydrogens (tertiary/aromatic N) is 1. The van der Waals surface area contributed by atoms with Gasteiger partial charge in [-0.1, -0.05) is 19.4 Å². The lowest BCUT2D eigenvalue weighted by molar-refractivity contribution is 0.444. The van der Waals surface area contributed by atoms with Gasteiger partial charge in [0.1, 0.15) is 0 Å². The van der Waals surface area contributed by atoms with Crippen LogP contribution < -0.4 is 0 Å². The van der Waals surface area contributed by atoms with Crippen molar-refractivity contribution in [3.8, 4) is 0 Å². The highest BCUT2D eigenvalue weighted by atomic mass is 35.7. The van der Waals surface area contributed by atoms with Gasteiger partial charge in [0.05, 0.1) is 9.79 Å². The lowest BCUT2D eigenvalue weighted by Gasteiger charge is -2.17. The number of sulfonamides is 1. The third-order valence-electron chi connectivity index (χ3n) is 3.67. The number of rotatable bonds is 5. The molecule has 118 valence electrons. The largest absolute Gasteiger partial charge is 0.261 e. The Bertz CT molecular complexity index is 715. The molecular formula is C13H18ClNO4S2. The van der Waals surface area contributed by atoms with Crippen molar-refractivity contribution in [1.82, 2.24) is 4.31 Å². The van der Waals surface area contributed by atoms with Gasteiger partial charge < -0.3 is 0 Å². The third-order valence-corrected chi connectivity index (χ3v) is 6.88. The summed E-state index contributed by atoms with van der Waals surface area (Å²) in [5.74, 6) is 0.379. The predicted octanol–water partition coefficient (Wildman–Crippen LogP) is 2.42. The summed E-state index contributed by atoms with van der Waals surface area (Å²) in [6.07, 6.45) is 2.88. The summed E-state index contributed by atoms with van der Waals surface area (Å²) < 4.78 is 49.2. The lowest BCUT2D eigenvalue weighted by Crippen LogP contribution is -2.29. The average Bonchev–Trinajstić information content (AvgIpc) is 2.88. The second-order valence-electron chi connectivity index (χ2n) is 5.22. The van der Waals surface area contributed by atoms with E-state index in [1.807, 2.05) is 0 Å². The normalized spacial score (nSPS) is 20.8. The van der Waals surface area contributed by atoms with Gasteiger partial charge in [-0.2, -0.15) is 4.31 Å². The van der Waals surface area contributed by atoms with Crippen LogP contribution in [0.15, 0.2) is 34.1 Å². The first-order chi connectivity index (χ1) is 9.75. The van der Waals surface area contributed by atoms with Crippen molar-refractivity contribution in [1.29, 1.82) is 0 Å². The highest BCUT2D eigenvalue weighted by Crippen LogP contribution is 2.28. The van der Waals surface area contributed by atoms with Crippen molar-refractivity contribution in [3.05, 3.63) is 24.3 Å². The molecule has 0 spiro atoms. The lowest BCUT2D eigenvalue weighted by atomic mass is 10.0. The fourth-order valence-electron chi connectivity index (χ4n) is 2.59. The average molecular weight is 352 g/mol. The van der Waals surface area contributed by atoms with Crippen molar-refractivity contribution in [2.75, 3.05) is 13.1 Å². The topological polar surface area (TPSA) is 71.5 Å². The van der Waals surface area contributed by atoms with E-state index in [4.69, 9.17) is 10.7 Å². The van der Waals surface area contributed by atoms with Gasteiger partial charge in [-0.25, -0.2) is 16.8 Å². The monoisotopic (exact) mass is 351 g/mol. The van der Waals surface area contributed by atoms with E-state index in [-0.39, 0.29) is 9.79 Å². The van der Waals surface area contributed by atoms with Crippen LogP contribution in [0.1, 0.15) is 26.2 Å². The molecule has 0 aromatic heterocycles. The molecule has 1 aromatic carbocycles. The Morgan fingerprint density at radius 1 is 1.24 bits per heavy atom. The third kappa shape index (κ3) is 3.77. The molecule has 21 heavy (non-hydrogen) atoms. The molecule has 1 heterocycles. The van der Waals surface area contributed by atoms with Crippen LogP contribution in [0.5, 0.6) is 0 Å². The van der Waals surface area contributed by atoms with Crippen LogP contribution in [0.25, 0.3) is 0 Å². The quantitative estimate of drug-likeness (QED) is 0.764. The van der Waals surface area contributed by atoms with E-state index in [0.717, 1.165) is 25.3 Å². The van der Waals surface area contributed by atoms with E-state index < -0.39 is 19.1 Å². The van der Waals surface area contributed by atoms with Gasteiger partial charge in [0.15, 0.2) is 0 Å². The highest BCUT2D eigenvalue weighted by molar-refractivity contribution is 8.13. The standard InChI is InChI=1S/C13H18ClNO4S2/c1-2-4-11-7-8-15(10-11)21(18,19)13-6-3-5-12(9-13)20(14,16)17/h3,5-6,9,11H,2,4,7-8,10H2,1H3. The highest BCUT2D eigenvalue weighted by Gasteiger charge is 2.32. The summed E-state index contributed by atoms with van der Waals surface area (Å²) in [4.78, 5) is -0.226. The summed E-state index contributed by atoms with van der Waals surface area (Å²) in [5, 5.41) is 0. The van der Waals surface area contributed by atoms with Crippen molar-refractivity contribution in [2.24, 2.45) is 5.92 Å². The van der Waals surface area contributed by atoms with E-state index in [2.05, 4.69) is 6.92 Å². The van der Waals surface area contributed by atoms with Gasteiger partial charge in [0, 0.05) is 23.8 Å². The Balaban J connectivity index is 2.29. The second-order valence-corrected chi connectivity index (χ2v) is 9.72. The minimum atomic E-state index is -3.94. The molecule has 1 unspecified atom stereocenters. The molecule has 0 N–H and O–H groups in total. The first-order valence-electron chi connectivity index (χ1n) is 6.80. The van der Waals surface area contributed by atoms with Crippen LogP contribution in [0.2, 0.25) is 0 Å². The van der Waals surface area contributed by atoms with Crippen LogP contribution in [-0.2, 0) is 19.1 Å². The second kappa shape index (κ2) is 6.24. The Labute approximate surface area is 130 Å². The maximum absolute atomic E-state index is 12.6. The summed E-state index contributed by atoms with van der Waals surface area (Å²) in [6, 6.07) is 5.19. The molecule has 0 saturated carbocycles. The Kier molecular flexibility index (Phi) is 4.97. The zero-order chi connectivity index (χ0) is 15.7. The van der Waals surface area contributed by atoms with E-state index in [1.165, 1.54) is 22.5 Å². The minimum absolute atomic E-state index is 0.0265. The smallest absolute Gasteiger partial charge is 0.207 e. The molecule has 2 rings (SSSR count). The van der Waals surface area contributed by atoms with Crippen molar-refractivity contribution >= 4 is 29.8 Å². The van der Waals surface area contributed by atoms with Gasteiger partial charge in [-0.15, -0.1) is 0 Å². The predicted molar refractivity (Wildman–Crippen MR) is 81.3 cm³/mol. The molecule has 5 nitrogen and oxygen atoms in total. The van der Waals surface area contributed by atoms with Crippen LogP contribution >= 0.6 is 10.7 Å². The fraction of sp³-hybridized carbons (Fsp3) is 0.538. The Morgan fingerprint density at radius 2 is 1.90 bits per heavy atom. The number of hydrogen-bond acceptors (Lipinski definition) is 4. The Morgan fingerprint density at radius 3 is 2.52 bits per heavy atom. The fourth-order valence-corrected chi connectivity index (χ4v) is 5.04. The molecule has 1 fully saturated rings. The number of halogens is 1. The minimum Gasteiger partial charge on any atom is -0.207 e. The number of benzene rings is 1. The summed E-state index contributed by atoms with van der Waals surface area (Å²) in [5.41, 5.74) is 0. The van der Waals surface area contributed by atoms with E-state index in [9.17, 15) is 16.8 Å². The molecule has 1 aromatic rings. The first-order valence-corrected chi connectivity index (χ1v) is 10.5. The SMILES string of the molecule is CCCC1CCN(S(=O)(=O)c2cccc(S(=O)(=O)Cl)c2)C1. The molecule has 1 atom stereocenters. The molecular weight excluding hydrogens is 334 g/mol. The molecule has 0 radical (unpaired) electrons. The molecule has 8 heteroatoms. The molecule has 0 amide bonds. The molecule has 1 aliphatic heterocycles. The van der Waals surface area contributed by atoms with E-state index >= 15 is 0 Å². The van der Waals surface area contributed by atoms with Crippen LogP contribution in [-0.4, -0.2) is 34.2 Å². The van der Waals surface area contributed by atoms with Crippen LogP contribution in [0, 0.1) is 5.92 Å². The summed E-state index contributed by atoms with van der Waals surface area (Å²) >= 11 is 0. The van der Waals surface area contributed by atoms with Gasteiger partial charge >= 0.3 is 0 Å². The maximum atomic E-state index is 12.6. The maximum Gasteiger partial charge on any atom is 0.261 e. The van der Waals surface area contributed by atoms with Crippen molar-refractivity contribution in [2.45, 2.75) is 36.0 Å². The van der Waals surface area contributed by atoms with Gasteiger partial charge in [-0.3, -0.25) is 0 Å². The number of hydrogen-bond donors (Lipinski definition) is 0. The van der Waals surface area contributed by atoms with Crippen LogP contribution in [0.4, 0.5) is 0 Å². The molecule has 0 bridgehead atoms. The van der Waals surface area contributed by atoms with E-state index in [1.54, 1.807) is 0 Å². The van der Waals surface area contributed by atoms with Gasteiger partial charge in [-0.05, 0) is 37.0 Å². The van der Waals surface area contributed by atoms with Crippen LogP contribution in [0.3, 0.4) is 0 Å². The Hall–Kier alpha value is -0.630. The molecule has 0 aliphatic carbocycles. The molecule has 1 saturated heterocycles. The van der Waals surface area contributed by atoms with Crippen molar-refractivity contribution in [3.63, 3.8) is 0 Å². The zero-order valence-electron chi connectivity index (χ0n) is 11.7. The summed E-state index contributed by atoms with van der Waals surface area (Å²) in [6.45, 7) is 3.05. The first kappa shape index (κ1) is 16.7. The van der Waals surface area contributed by atoms with E-state index in [0.29, 0.717) is 19.0 Å². The molecule has 1 aliphatic rings.